The van der Waals surface area contributed by atoms with Gasteiger partial charge in [-0.15, -0.1) is 0 Å². The first-order valence-electron chi connectivity index (χ1n) is 12.8. The topological polar surface area (TPSA) is 91.4 Å². The van der Waals surface area contributed by atoms with Crippen molar-refractivity contribution < 1.29 is 13.2 Å². The highest BCUT2D eigenvalue weighted by Gasteiger charge is 2.74. The molecule has 0 spiro atoms. The number of benzene rings is 1. The van der Waals surface area contributed by atoms with Gasteiger partial charge in [0.05, 0.1) is 21.4 Å². The standard InChI is InChI=1S/C26H34N4O3S2/c1-16(2)35(32,33)19-6-10-30(11-7-19)22-13-18(34-29-25(3)8-9-25)12-21-20(22)4-5-23(27-21)28-24(31)26-14-17(26)15-26/h4-5,12-13,16-17,19,29H,6-11,14-15H2,1-3H3,(H,27,28,31). The molecule has 7 nitrogen and oxygen atoms in total. The molecule has 0 atom stereocenters. The molecule has 35 heavy (non-hydrogen) atoms. The van der Waals surface area contributed by atoms with Crippen LogP contribution in [0.4, 0.5) is 11.5 Å². The quantitative estimate of drug-likeness (QED) is 0.500. The number of carbonyl (C=O) groups excluding carboxylic acids is 1. The van der Waals surface area contributed by atoms with Crippen LogP contribution in [-0.4, -0.2) is 48.4 Å². The minimum atomic E-state index is -3.09. The number of rotatable bonds is 8. The smallest absolute Gasteiger partial charge is 0.232 e. The van der Waals surface area contributed by atoms with Crippen LogP contribution in [0.25, 0.3) is 10.9 Å². The van der Waals surface area contributed by atoms with Gasteiger partial charge < -0.3 is 10.2 Å². The van der Waals surface area contributed by atoms with E-state index in [9.17, 15) is 13.2 Å². The normalized spacial score (nSPS) is 27.1. The molecule has 1 aliphatic heterocycles. The molecule has 0 bridgehead atoms. The van der Waals surface area contributed by atoms with Crippen LogP contribution in [0.5, 0.6) is 0 Å². The Balaban J connectivity index is 1.27. The molecule has 3 saturated carbocycles. The number of pyridine rings is 1. The number of hydrogen-bond acceptors (Lipinski definition) is 7. The molecule has 4 aliphatic rings. The molecule has 1 aromatic heterocycles. The third-order valence-corrected chi connectivity index (χ3v) is 12.2. The predicted molar refractivity (Wildman–Crippen MR) is 141 cm³/mol. The Labute approximate surface area is 211 Å². The van der Waals surface area contributed by atoms with Crippen molar-refractivity contribution in [2.24, 2.45) is 11.3 Å². The lowest BCUT2D eigenvalue weighted by Gasteiger charge is -2.35. The largest absolute Gasteiger partial charge is 0.371 e. The van der Waals surface area contributed by atoms with Crippen LogP contribution in [0, 0.1) is 11.3 Å². The third kappa shape index (κ3) is 4.33. The van der Waals surface area contributed by atoms with Gasteiger partial charge >= 0.3 is 0 Å². The highest BCUT2D eigenvalue weighted by atomic mass is 32.2. The molecule has 2 aromatic rings. The van der Waals surface area contributed by atoms with Crippen molar-refractivity contribution in [2.45, 2.75) is 80.2 Å². The van der Waals surface area contributed by atoms with E-state index in [0.29, 0.717) is 37.7 Å². The molecule has 1 aromatic carbocycles. The molecule has 0 radical (unpaired) electrons. The lowest BCUT2D eigenvalue weighted by molar-refractivity contribution is -0.119. The Morgan fingerprint density at radius 3 is 2.46 bits per heavy atom. The van der Waals surface area contributed by atoms with Gasteiger partial charge in [-0.3, -0.25) is 9.52 Å². The highest BCUT2D eigenvalue weighted by Crippen LogP contribution is 2.75. The van der Waals surface area contributed by atoms with E-state index in [1.807, 2.05) is 12.1 Å². The summed E-state index contributed by atoms with van der Waals surface area (Å²) in [5.41, 5.74) is 2.03. The van der Waals surface area contributed by atoms with Gasteiger partial charge in [0.15, 0.2) is 9.84 Å². The van der Waals surface area contributed by atoms with E-state index >= 15 is 0 Å². The summed E-state index contributed by atoms with van der Waals surface area (Å²) in [7, 11) is -3.09. The predicted octanol–water partition coefficient (Wildman–Crippen LogP) is 4.52. The zero-order valence-corrected chi connectivity index (χ0v) is 22.3. The van der Waals surface area contributed by atoms with Gasteiger partial charge in [-0.2, -0.15) is 0 Å². The van der Waals surface area contributed by atoms with Crippen molar-refractivity contribution in [2.75, 3.05) is 23.3 Å². The van der Waals surface area contributed by atoms with Gasteiger partial charge in [-0.1, -0.05) is 0 Å². The molecular formula is C26H34N4O3S2. The molecule has 2 heterocycles. The van der Waals surface area contributed by atoms with E-state index in [1.165, 1.54) is 12.8 Å². The molecule has 9 heteroatoms. The number of anilines is 2. The van der Waals surface area contributed by atoms with Gasteiger partial charge in [0.1, 0.15) is 5.82 Å². The maximum absolute atomic E-state index is 12.7. The van der Waals surface area contributed by atoms with Crippen LogP contribution in [0.2, 0.25) is 0 Å². The lowest BCUT2D eigenvalue weighted by Crippen LogP contribution is -2.41. The number of amides is 1. The maximum atomic E-state index is 12.7. The van der Waals surface area contributed by atoms with Crippen molar-refractivity contribution in [3.63, 3.8) is 0 Å². The second kappa shape index (κ2) is 8.08. The number of nitrogens with one attached hydrogen (secondary N) is 2. The summed E-state index contributed by atoms with van der Waals surface area (Å²) in [5.74, 6) is 1.30. The highest BCUT2D eigenvalue weighted by molar-refractivity contribution is 7.97. The number of hydrogen-bond donors (Lipinski definition) is 2. The van der Waals surface area contributed by atoms with Gasteiger partial charge in [-0.05, 0) is 101 Å². The number of fused-ring (bicyclic) bond motifs is 2. The van der Waals surface area contributed by atoms with Crippen molar-refractivity contribution >= 4 is 50.1 Å². The van der Waals surface area contributed by atoms with E-state index in [0.717, 1.165) is 34.3 Å². The van der Waals surface area contributed by atoms with Crippen LogP contribution < -0.4 is 14.9 Å². The van der Waals surface area contributed by atoms with Crippen LogP contribution in [0.15, 0.2) is 29.2 Å². The monoisotopic (exact) mass is 514 g/mol. The van der Waals surface area contributed by atoms with Crippen molar-refractivity contribution in [3.05, 3.63) is 24.3 Å². The Morgan fingerprint density at radius 1 is 1.17 bits per heavy atom. The van der Waals surface area contributed by atoms with Gasteiger partial charge in [0, 0.05) is 34.6 Å². The van der Waals surface area contributed by atoms with E-state index in [4.69, 9.17) is 4.98 Å². The number of carbonyl (C=O) groups is 1. The van der Waals surface area contributed by atoms with E-state index in [-0.39, 0.29) is 27.4 Å². The molecule has 2 N–H and O–H groups in total. The average Bonchev–Trinajstić information content (AvgIpc) is 3.74. The Kier molecular flexibility index (Phi) is 5.44. The third-order valence-electron chi connectivity index (χ3n) is 8.45. The average molecular weight is 515 g/mol. The minimum Gasteiger partial charge on any atom is -0.371 e. The summed E-state index contributed by atoms with van der Waals surface area (Å²) < 4.78 is 29.0. The molecule has 1 amide bonds. The maximum Gasteiger partial charge on any atom is 0.232 e. The minimum absolute atomic E-state index is 0.0935. The summed E-state index contributed by atoms with van der Waals surface area (Å²) in [6, 6.07) is 8.22. The summed E-state index contributed by atoms with van der Waals surface area (Å²) in [6.07, 6.45) is 5.67. The molecule has 188 valence electrons. The van der Waals surface area contributed by atoms with Crippen LogP contribution in [-0.2, 0) is 14.6 Å². The first kappa shape index (κ1) is 23.6. The van der Waals surface area contributed by atoms with Crippen molar-refractivity contribution in [3.8, 4) is 0 Å². The van der Waals surface area contributed by atoms with E-state index < -0.39 is 9.84 Å². The SMILES string of the molecule is CC(C)S(=O)(=O)C1CCN(c2cc(SNC3(C)CC3)cc3nc(NC(=O)C45CC4C5)ccc23)CC1. The number of aromatic nitrogens is 1. The summed E-state index contributed by atoms with van der Waals surface area (Å²) >= 11 is 1.63. The number of nitrogens with zero attached hydrogens (tertiary/aromatic N) is 2. The van der Waals surface area contributed by atoms with E-state index in [1.54, 1.807) is 25.8 Å². The molecule has 3 aliphatic carbocycles. The zero-order valence-electron chi connectivity index (χ0n) is 20.6. The van der Waals surface area contributed by atoms with Crippen LogP contribution >= 0.6 is 11.9 Å². The van der Waals surface area contributed by atoms with Crippen molar-refractivity contribution in [1.29, 1.82) is 0 Å². The first-order valence-corrected chi connectivity index (χ1v) is 15.2. The second-order valence-corrected chi connectivity index (χ2v) is 15.2. The summed E-state index contributed by atoms with van der Waals surface area (Å²) in [6.45, 7) is 7.19. The van der Waals surface area contributed by atoms with Crippen molar-refractivity contribution in [1.82, 2.24) is 9.71 Å². The molecule has 6 rings (SSSR count). The lowest BCUT2D eigenvalue weighted by atomic mass is 10.1. The Bertz CT molecular complexity index is 1290. The molecule has 4 fully saturated rings. The van der Waals surface area contributed by atoms with Gasteiger partial charge in [0.2, 0.25) is 5.91 Å². The summed E-state index contributed by atoms with van der Waals surface area (Å²) in [5, 5.41) is 3.46. The number of sulfone groups is 1. The fourth-order valence-corrected chi connectivity index (χ4v) is 7.72. The fourth-order valence-electron chi connectivity index (χ4n) is 5.18. The zero-order chi connectivity index (χ0) is 24.6. The first-order chi connectivity index (χ1) is 16.6. The van der Waals surface area contributed by atoms with Crippen LogP contribution in [0.1, 0.15) is 59.3 Å². The summed E-state index contributed by atoms with van der Waals surface area (Å²) in [4.78, 5) is 20.8. The van der Waals surface area contributed by atoms with E-state index in [2.05, 4.69) is 34.0 Å². The van der Waals surface area contributed by atoms with Gasteiger partial charge in [0.25, 0.3) is 0 Å². The van der Waals surface area contributed by atoms with Crippen LogP contribution in [0.3, 0.4) is 0 Å². The number of piperidine rings is 1. The molecule has 0 unspecified atom stereocenters. The second-order valence-electron chi connectivity index (χ2n) is 11.5. The molecular weight excluding hydrogens is 480 g/mol. The Morgan fingerprint density at radius 2 is 1.86 bits per heavy atom. The van der Waals surface area contributed by atoms with Gasteiger partial charge in [-0.25, -0.2) is 13.4 Å². The Hall–Kier alpha value is -1.84. The molecule has 1 saturated heterocycles. The fraction of sp³-hybridized carbons (Fsp3) is 0.615.